The summed E-state index contributed by atoms with van der Waals surface area (Å²) in [5, 5.41) is 3.72. The molecule has 1 saturated carbocycles. The fourth-order valence-corrected chi connectivity index (χ4v) is 3.94. The highest BCUT2D eigenvalue weighted by molar-refractivity contribution is 4.92. The third kappa shape index (κ3) is 3.71. The van der Waals surface area contributed by atoms with E-state index in [1.54, 1.807) is 0 Å². The van der Waals surface area contributed by atoms with Crippen molar-refractivity contribution < 1.29 is 0 Å². The Bertz CT molecular complexity index is 231. The maximum Gasteiger partial charge on any atom is 0.00698 e. The van der Waals surface area contributed by atoms with Crippen LogP contribution in [0.25, 0.3) is 0 Å². The molecule has 18 heavy (non-hydrogen) atoms. The minimum absolute atomic E-state index is 0.649. The van der Waals surface area contributed by atoms with Crippen molar-refractivity contribution >= 4 is 0 Å². The van der Waals surface area contributed by atoms with Crippen LogP contribution in [0, 0.1) is 5.41 Å². The number of piperidine rings is 1. The molecule has 1 N–H and O–H groups in total. The number of hydrogen-bond donors (Lipinski definition) is 1. The first-order chi connectivity index (χ1) is 8.63. The van der Waals surface area contributed by atoms with Crippen LogP contribution in [0.5, 0.6) is 0 Å². The molecule has 0 unspecified atom stereocenters. The molecule has 1 aliphatic heterocycles. The van der Waals surface area contributed by atoms with Crippen LogP contribution in [-0.2, 0) is 0 Å². The second kappa shape index (κ2) is 6.38. The average molecular weight is 252 g/mol. The van der Waals surface area contributed by atoms with Crippen LogP contribution in [0.3, 0.4) is 0 Å². The lowest BCUT2D eigenvalue weighted by atomic mass is 9.67. The molecular formula is C16H32N2. The molecule has 1 aliphatic carbocycles. The zero-order valence-electron chi connectivity index (χ0n) is 12.7. The molecule has 0 aromatic heterocycles. The number of hydrogen-bond acceptors (Lipinski definition) is 2. The van der Waals surface area contributed by atoms with E-state index in [0.29, 0.717) is 6.04 Å². The predicted molar refractivity (Wildman–Crippen MR) is 78.9 cm³/mol. The van der Waals surface area contributed by atoms with Crippen molar-refractivity contribution in [1.29, 1.82) is 0 Å². The first kappa shape index (κ1) is 14.3. The van der Waals surface area contributed by atoms with Gasteiger partial charge in [0.05, 0.1) is 0 Å². The standard InChI is InChI=1S/C16H32N2/c1-4-11-18-12-9-16(10-13-18)7-5-15(6-8-16)17-14(2)3/h14-15,17H,4-13H2,1-3H3. The topological polar surface area (TPSA) is 15.3 Å². The molecule has 2 fully saturated rings. The van der Waals surface area contributed by atoms with Gasteiger partial charge in [0, 0.05) is 12.1 Å². The van der Waals surface area contributed by atoms with Gasteiger partial charge in [0.1, 0.15) is 0 Å². The molecule has 106 valence electrons. The van der Waals surface area contributed by atoms with Gasteiger partial charge in [-0.2, -0.15) is 0 Å². The van der Waals surface area contributed by atoms with E-state index in [0.717, 1.165) is 11.5 Å². The summed E-state index contributed by atoms with van der Waals surface area (Å²) >= 11 is 0. The maximum absolute atomic E-state index is 3.72. The van der Waals surface area contributed by atoms with Gasteiger partial charge < -0.3 is 10.2 Å². The van der Waals surface area contributed by atoms with Crippen molar-refractivity contribution in [2.24, 2.45) is 5.41 Å². The minimum Gasteiger partial charge on any atom is -0.312 e. The highest BCUT2D eigenvalue weighted by atomic mass is 15.1. The molecule has 2 nitrogen and oxygen atoms in total. The Balaban J connectivity index is 1.75. The molecule has 0 radical (unpaired) electrons. The fourth-order valence-electron chi connectivity index (χ4n) is 3.94. The van der Waals surface area contributed by atoms with Gasteiger partial charge in [-0.15, -0.1) is 0 Å². The van der Waals surface area contributed by atoms with Crippen LogP contribution in [-0.4, -0.2) is 36.6 Å². The lowest BCUT2D eigenvalue weighted by molar-refractivity contribution is 0.0576. The van der Waals surface area contributed by atoms with E-state index in [-0.39, 0.29) is 0 Å². The molecule has 0 aromatic rings. The Morgan fingerprint density at radius 2 is 1.72 bits per heavy atom. The second-order valence-electron chi connectivity index (χ2n) is 6.94. The normalized spacial score (nSPS) is 26.0. The van der Waals surface area contributed by atoms with Crippen molar-refractivity contribution in [2.45, 2.75) is 77.8 Å². The largest absolute Gasteiger partial charge is 0.312 e. The van der Waals surface area contributed by atoms with E-state index in [1.807, 2.05) is 0 Å². The molecule has 0 atom stereocenters. The summed E-state index contributed by atoms with van der Waals surface area (Å²) in [7, 11) is 0. The summed E-state index contributed by atoms with van der Waals surface area (Å²) in [5.41, 5.74) is 0.722. The Kier molecular flexibility index (Phi) is 5.08. The van der Waals surface area contributed by atoms with E-state index in [9.17, 15) is 0 Å². The van der Waals surface area contributed by atoms with E-state index in [4.69, 9.17) is 0 Å². The third-order valence-electron chi connectivity index (χ3n) is 5.07. The van der Waals surface area contributed by atoms with Crippen LogP contribution in [0.1, 0.15) is 65.7 Å². The first-order valence-electron chi connectivity index (χ1n) is 8.12. The molecule has 2 heteroatoms. The van der Waals surface area contributed by atoms with Gasteiger partial charge in [-0.1, -0.05) is 20.8 Å². The summed E-state index contributed by atoms with van der Waals surface area (Å²) in [6.45, 7) is 10.9. The minimum atomic E-state index is 0.649. The van der Waals surface area contributed by atoms with Crippen LogP contribution in [0.2, 0.25) is 0 Å². The summed E-state index contributed by atoms with van der Waals surface area (Å²) in [5.74, 6) is 0. The predicted octanol–water partition coefficient (Wildman–Crippen LogP) is 3.42. The zero-order valence-corrected chi connectivity index (χ0v) is 12.7. The molecular weight excluding hydrogens is 220 g/mol. The lowest BCUT2D eigenvalue weighted by Crippen LogP contribution is -2.45. The molecule has 1 saturated heterocycles. The lowest BCUT2D eigenvalue weighted by Gasteiger charge is -2.46. The molecule has 1 heterocycles. The van der Waals surface area contributed by atoms with E-state index in [2.05, 4.69) is 31.0 Å². The summed E-state index contributed by atoms with van der Waals surface area (Å²) in [4.78, 5) is 2.67. The maximum atomic E-state index is 3.72. The Hall–Kier alpha value is -0.0800. The zero-order chi connectivity index (χ0) is 13.0. The van der Waals surface area contributed by atoms with Crippen LogP contribution >= 0.6 is 0 Å². The van der Waals surface area contributed by atoms with Gasteiger partial charge in [-0.25, -0.2) is 0 Å². The second-order valence-corrected chi connectivity index (χ2v) is 6.94. The molecule has 1 spiro atoms. The smallest absolute Gasteiger partial charge is 0.00698 e. The number of nitrogens with zero attached hydrogens (tertiary/aromatic N) is 1. The third-order valence-corrected chi connectivity index (χ3v) is 5.07. The number of rotatable bonds is 4. The summed E-state index contributed by atoms with van der Waals surface area (Å²) in [6, 6.07) is 1.44. The molecule has 2 rings (SSSR count). The van der Waals surface area contributed by atoms with Gasteiger partial charge in [-0.3, -0.25) is 0 Å². The van der Waals surface area contributed by atoms with Gasteiger partial charge >= 0.3 is 0 Å². The van der Waals surface area contributed by atoms with Crippen LogP contribution < -0.4 is 5.32 Å². The fraction of sp³-hybridized carbons (Fsp3) is 1.00. The van der Waals surface area contributed by atoms with E-state index >= 15 is 0 Å². The monoisotopic (exact) mass is 252 g/mol. The highest BCUT2D eigenvalue weighted by Crippen LogP contribution is 2.44. The Morgan fingerprint density at radius 3 is 2.22 bits per heavy atom. The average Bonchev–Trinajstić information content (AvgIpc) is 2.35. The van der Waals surface area contributed by atoms with Crippen LogP contribution in [0.4, 0.5) is 0 Å². The Morgan fingerprint density at radius 1 is 1.11 bits per heavy atom. The summed E-state index contributed by atoms with van der Waals surface area (Å²) < 4.78 is 0. The van der Waals surface area contributed by atoms with Crippen molar-refractivity contribution in [3.8, 4) is 0 Å². The highest BCUT2D eigenvalue weighted by Gasteiger charge is 2.37. The number of likely N-dealkylation sites (tertiary alicyclic amines) is 1. The van der Waals surface area contributed by atoms with E-state index in [1.165, 1.54) is 64.6 Å². The van der Waals surface area contributed by atoms with Crippen LogP contribution in [0.15, 0.2) is 0 Å². The van der Waals surface area contributed by atoms with Gasteiger partial charge in [0.15, 0.2) is 0 Å². The quantitative estimate of drug-likeness (QED) is 0.825. The first-order valence-corrected chi connectivity index (χ1v) is 8.12. The van der Waals surface area contributed by atoms with Gasteiger partial charge in [-0.05, 0) is 70.0 Å². The molecule has 0 bridgehead atoms. The van der Waals surface area contributed by atoms with Crippen molar-refractivity contribution in [2.75, 3.05) is 19.6 Å². The van der Waals surface area contributed by atoms with E-state index < -0.39 is 0 Å². The Labute approximate surface area is 114 Å². The summed E-state index contributed by atoms with van der Waals surface area (Å²) in [6.07, 6.45) is 9.99. The van der Waals surface area contributed by atoms with Crippen molar-refractivity contribution in [3.05, 3.63) is 0 Å². The van der Waals surface area contributed by atoms with Gasteiger partial charge in [0.25, 0.3) is 0 Å². The molecule has 0 amide bonds. The molecule has 2 aliphatic rings. The number of nitrogens with one attached hydrogen (secondary N) is 1. The van der Waals surface area contributed by atoms with Crippen molar-refractivity contribution in [1.82, 2.24) is 10.2 Å². The van der Waals surface area contributed by atoms with Gasteiger partial charge in [0.2, 0.25) is 0 Å². The van der Waals surface area contributed by atoms with Crippen molar-refractivity contribution in [3.63, 3.8) is 0 Å². The molecule has 0 aromatic carbocycles. The SMILES string of the molecule is CCCN1CCC2(CCC(NC(C)C)CC2)CC1.